The van der Waals surface area contributed by atoms with Gasteiger partial charge in [-0.1, -0.05) is 6.07 Å². The summed E-state index contributed by atoms with van der Waals surface area (Å²) in [6.45, 7) is 7.59. The van der Waals surface area contributed by atoms with Crippen molar-refractivity contribution in [3.05, 3.63) is 52.0 Å². The average molecular weight is 258 g/mol. The van der Waals surface area contributed by atoms with Gasteiger partial charge in [-0.2, -0.15) is 0 Å². The SMILES string of the molecule is COc1c(C(=O)c2cc(C)oc2C)ccc(C)c1C. The summed E-state index contributed by atoms with van der Waals surface area (Å²) >= 11 is 0. The molecule has 0 atom stereocenters. The van der Waals surface area contributed by atoms with Crippen molar-refractivity contribution in [2.75, 3.05) is 7.11 Å². The summed E-state index contributed by atoms with van der Waals surface area (Å²) in [4.78, 5) is 12.6. The van der Waals surface area contributed by atoms with Crippen molar-refractivity contribution in [3.8, 4) is 5.75 Å². The van der Waals surface area contributed by atoms with Gasteiger partial charge in [0.25, 0.3) is 0 Å². The molecular formula is C16H18O3. The lowest BCUT2D eigenvalue weighted by molar-refractivity contribution is 0.103. The summed E-state index contributed by atoms with van der Waals surface area (Å²) in [6, 6.07) is 5.52. The van der Waals surface area contributed by atoms with Gasteiger partial charge in [0.2, 0.25) is 0 Å². The lowest BCUT2D eigenvalue weighted by atomic mass is 9.98. The molecule has 3 nitrogen and oxygen atoms in total. The van der Waals surface area contributed by atoms with E-state index in [0.717, 1.165) is 16.9 Å². The van der Waals surface area contributed by atoms with E-state index in [1.807, 2.05) is 32.9 Å². The molecule has 0 amide bonds. The lowest BCUT2D eigenvalue weighted by Gasteiger charge is -2.12. The van der Waals surface area contributed by atoms with E-state index in [4.69, 9.17) is 9.15 Å². The molecule has 100 valence electrons. The maximum absolute atomic E-state index is 12.6. The smallest absolute Gasteiger partial charge is 0.200 e. The van der Waals surface area contributed by atoms with E-state index >= 15 is 0 Å². The maximum Gasteiger partial charge on any atom is 0.200 e. The molecule has 1 aromatic heterocycles. The number of ether oxygens (including phenoxy) is 1. The second-order valence-electron chi connectivity index (χ2n) is 4.74. The van der Waals surface area contributed by atoms with Gasteiger partial charge in [0.1, 0.15) is 17.3 Å². The second kappa shape index (κ2) is 4.92. The van der Waals surface area contributed by atoms with Crippen LogP contribution in [0.1, 0.15) is 38.6 Å². The molecule has 0 radical (unpaired) electrons. The molecule has 0 N–H and O–H groups in total. The highest BCUT2D eigenvalue weighted by Gasteiger charge is 2.20. The highest BCUT2D eigenvalue weighted by molar-refractivity contribution is 6.11. The third-order valence-corrected chi connectivity index (χ3v) is 3.41. The molecule has 3 heteroatoms. The van der Waals surface area contributed by atoms with Gasteiger partial charge in [-0.05, 0) is 51.0 Å². The monoisotopic (exact) mass is 258 g/mol. The number of benzene rings is 1. The minimum absolute atomic E-state index is 0.0608. The number of carbonyl (C=O) groups is 1. The Balaban J connectivity index is 2.56. The normalized spacial score (nSPS) is 10.6. The molecule has 1 aromatic carbocycles. The first kappa shape index (κ1) is 13.4. The summed E-state index contributed by atoms with van der Waals surface area (Å²) in [6.07, 6.45) is 0. The van der Waals surface area contributed by atoms with E-state index in [0.29, 0.717) is 22.6 Å². The molecule has 0 saturated carbocycles. The van der Waals surface area contributed by atoms with Crippen LogP contribution in [0.2, 0.25) is 0 Å². The Bertz CT molecular complexity index is 636. The van der Waals surface area contributed by atoms with Crippen LogP contribution in [-0.4, -0.2) is 12.9 Å². The van der Waals surface area contributed by atoms with Crippen LogP contribution in [0.3, 0.4) is 0 Å². The summed E-state index contributed by atoms with van der Waals surface area (Å²) < 4.78 is 10.8. The Labute approximate surface area is 113 Å². The minimum atomic E-state index is -0.0608. The Morgan fingerprint density at radius 1 is 1.11 bits per heavy atom. The quantitative estimate of drug-likeness (QED) is 0.787. The van der Waals surface area contributed by atoms with Crippen molar-refractivity contribution in [1.29, 1.82) is 0 Å². The zero-order valence-electron chi connectivity index (χ0n) is 12.0. The van der Waals surface area contributed by atoms with Crippen LogP contribution >= 0.6 is 0 Å². The van der Waals surface area contributed by atoms with Crippen LogP contribution in [-0.2, 0) is 0 Å². The van der Waals surface area contributed by atoms with Gasteiger partial charge in [-0.15, -0.1) is 0 Å². The lowest BCUT2D eigenvalue weighted by Crippen LogP contribution is -2.06. The highest BCUT2D eigenvalue weighted by atomic mass is 16.5. The van der Waals surface area contributed by atoms with E-state index in [-0.39, 0.29) is 5.78 Å². The topological polar surface area (TPSA) is 39.4 Å². The number of ketones is 1. The fraction of sp³-hybridized carbons (Fsp3) is 0.312. The fourth-order valence-electron chi connectivity index (χ4n) is 2.23. The first-order valence-corrected chi connectivity index (χ1v) is 6.21. The van der Waals surface area contributed by atoms with Crippen molar-refractivity contribution in [3.63, 3.8) is 0 Å². The Morgan fingerprint density at radius 3 is 2.32 bits per heavy atom. The molecule has 0 fully saturated rings. The molecular weight excluding hydrogens is 240 g/mol. The van der Waals surface area contributed by atoms with Crippen LogP contribution in [0, 0.1) is 27.7 Å². The minimum Gasteiger partial charge on any atom is -0.496 e. The van der Waals surface area contributed by atoms with E-state index in [1.54, 1.807) is 20.1 Å². The number of carbonyl (C=O) groups excluding carboxylic acids is 1. The predicted molar refractivity (Wildman–Crippen MR) is 74.1 cm³/mol. The van der Waals surface area contributed by atoms with Gasteiger partial charge in [0.05, 0.1) is 18.2 Å². The van der Waals surface area contributed by atoms with Crippen LogP contribution in [0.5, 0.6) is 5.75 Å². The van der Waals surface area contributed by atoms with Crippen LogP contribution in [0.4, 0.5) is 0 Å². The number of hydrogen-bond donors (Lipinski definition) is 0. The average Bonchev–Trinajstić information content (AvgIpc) is 2.71. The van der Waals surface area contributed by atoms with Crippen LogP contribution < -0.4 is 4.74 Å². The zero-order valence-corrected chi connectivity index (χ0v) is 12.0. The largest absolute Gasteiger partial charge is 0.496 e. The first-order chi connectivity index (χ1) is 8.95. The third-order valence-electron chi connectivity index (χ3n) is 3.41. The van der Waals surface area contributed by atoms with E-state index in [9.17, 15) is 4.79 Å². The number of furan rings is 1. The molecule has 0 saturated heterocycles. The van der Waals surface area contributed by atoms with Crippen LogP contribution in [0.15, 0.2) is 22.6 Å². The summed E-state index contributed by atoms with van der Waals surface area (Å²) in [7, 11) is 1.59. The van der Waals surface area contributed by atoms with Gasteiger partial charge in [0.15, 0.2) is 5.78 Å². The summed E-state index contributed by atoms with van der Waals surface area (Å²) in [5, 5.41) is 0. The molecule has 2 rings (SSSR count). The van der Waals surface area contributed by atoms with Gasteiger partial charge in [0, 0.05) is 0 Å². The molecule has 2 aromatic rings. The summed E-state index contributed by atoms with van der Waals surface area (Å²) in [5.41, 5.74) is 3.27. The van der Waals surface area contributed by atoms with Gasteiger partial charge in [-0.3, -0.25) is 4.79 Å². The molecule has 19 heavy (non-hydrogen) atoms. The standard InChI is InChI=1S/C16H18O3/c1-9-6-7-13(16(18-5)11(9)3)15(17)14-8-10(2)19-12(14)4/h6-8H,1-5H3. The van der Waals surface area contributed by atoms with Crippen molar-refractivity contribution in [1.82, 2.24) is 0 Å². The maximum atomic E-state index is 12.6. The van der Waals surface area contributed by atoms with Crippen molar-refractivity contribution in [2.45, 2.75) is 27.7 Å². The van der Waals surface area contributed by atoms with Crippen molar-refractivity contribution >= 4 is 5.78 Å². The zero-order chi connectivity index (χ0) is 14.2. The number of methoxy groups -OCH3 is 1. The molecule has 0 aliphatic carbocycles. The van der Waals surface area contributed by atoms with Gasteiger partial charge < -0.3 is 9.15 Å². The number of aryl methyl sites for hydroxylation is 3. The molecule has 0 aliphatic heterocycles. The van der Waals surface area contributed by atoms with Crippen LogP contribution in [0.25, 0.3) is 0 Å². The third kappa shape index (κ3) is 2.28. The number of hydrogen-bond acceptors (Lipinski definition) is 3. The Kier molecular flexibility index (Phi) is 3.47. The Morgan fingerprint density at radius 2 is 1.79 bits per heavy atom. The van der Waals surface area contributed by atoms with E-state index in [2.05, 4.69) is 0 Å². The van der Waals surface area contributed by atoms with E-state index < -0.39 is 0 Å². The molecule has 0 aliphatic rings. The Hall–Kier alpha value is -2.03. The second-order valence-corrected chi connectivity index (χ2v) is 4.74. The first-order valence-electron chi connectivity index (χ1n) is 6.21. The van der Waals surface area contributed by atoms with E-state index in [1.165, 1.54) is 0 Å². The fourth-order valence-corrected chi connectivity index (χ4v) is 2.23. The molecule has 0 spiro atoms. The van der Waals surface area contributed by atoms with Gasteiger partial charge in [-0.25, -0.2) is 0 Å². The highest BCUT2D eigenvalue weighted by Crippen LogP contribution is 2.29. The van der Waals surface area contributed by atoms with Crippen molar-refractivity contribution in [2.24, 2.45) is 0 Å². The molecule has 0 bridgehead atoms. The molecule has 0 unspecified atom stereocenters. The van der Waals surface area contributed by atoms with Gasteiger partial charge >= 0.3 is 0 Å². The number of rotatable bonds is 3. The van der Waals surface area contributed by atoms with Crippen molar-refractivity contribution < 1.29 is 13.9 Å². The molecule has 1 heterocycles. The summed E-state index contributed by atoms with van der Waals surface area (Å²) in [5.74, 6) is 1.96. The predicted octanol–water partition coefficient (Wildman–Crippen LogP) is 3.75.